The lowest BCUT2D eigenvalue weighted by Gasteiger charge is -2.33. The number of nitrogens with one attached hydrogen (secondary N) is 1. The van der Waals surface area contributed by atoms with Crippen molar-refractivity contribution in [3.8, 4) is 0 Å². The van der Waals surface area contributed by atoms with Gasteiger partial charge in [-0.3, -0.25) is 14.5 Å². The molecular weight excluding hydrogens is 516 g/mol. The number of halogens is 1. The Labute approximate surface area is 219 Å². The highest BCUT2D eigenvalue weighted by atomic mass is 79.9. The third-order valence-electron chi connectivity index (χ3n) is 6.83. The molecule has 1 fully saturated rings. The monoisotopic (exact) mass is 544 g/mol. The average Bonchev–Trinajstić information content (AvgIpc) is 3.33. The number of amides is 2. The summed E-state index contributed by atoms with van der Waals surface area (Å²) in [7, 11) is 0. The van der Waals surface area contributed by atoms with Crippen LogP contribution < -0.4 is 10.2 Å². The highest BCUT2D eigenvalue weighted by Crippen LogP contribution is 2.35. The molecule has 1 N–H and O–H groups in total. The van der Waals surface area contributed by atoms with Gasteiger partial charge in [0.25, 0.3) is 5.91 Å². The van der Waals surface area contributed by atoms with Crippen LogP contribution in [0.3, 0.4) is 0 Å². The number of hydrogen-bond acceptors (Lipinski definition) is 3. The lowest BCUT2D eigenvalue weighted by molar-refractivity contribution is -0.123. The molecule has 1 atom stereocenters. The summed E-state index contributed by atoms with van der Waals surface area (Å²) in [5.74, 6) is -0.368. The van der Waals surface area contributed by atoms with E-state index in [0.717, 1.165) is 46.7 Å². The van der Waals surface area contributed by atoms with Gasteiger partial charge in [-0.15, -0.1) is 0 Å². The number of hydrogen-bond donors (Lipinski definition) is 1. The molecule has 184 valence electrons. The second-order valence-corrected chi connectivity index (χ2v) is 10.3. The summed E-state index contributed by atoms with van der Waals surface area (Å²) in [4.78, 5) is 29.7. The van der Waals surface area contributed by atoms with E-state index in [1.165, 1.54) is 6.42 Å². The Kier molecular flexibility index (Phi) is 7.23. The van der Waals surface area contributed by atoms with Crippen LogP contribution in [0.25, 0.3) is 11.0 Å². The first-order chi connectivity index (χ1) is 17.5. The predicted octanol–water partition coefficient (Wildman–Crippen LogP) is 7.34. The Morgan fingerprint density at radius 2 is 1.64 bits per heavy atom. The molecule has 0 radical (unpaired) electrons. The number of carbonyl (C=O) groups is 2. The van der Waals surface area contributed by atoms with E-state index in [4.69, 9.17) is 4.42 Å². The first kappa shape index (κ1) is 24.3. The predicted molar refractivity (Wildman–Crippen MR) is 146 cm³/mol. The van der Waals surface area contributed by atoms with Crippen molar-refractivity contribution >= 4 is 44.4 Å². The van der Waals surface area contributed by atoms with Gasteiger partial charge in [-0.1, -0.05) is 89.3 Å². The van der Waals surface area contributed by atoms with Crippen molar-refractivity contribution in [2.45, 2.75) is 51.1 Å². The Hall–Kier alpha value is -3.38. The summed E-state index contributed by atoms with van der Waals surface area (Å²) >= 11 is 3.64. The van der Waals surface area contributed by atoms with Crippen molar-refractivity contribution in [2.24, 2.45) is 0 Å². The molecule has 0 aliphatic heterocycles. The average molecular weight is 545 g/mol. The van der Waals surface area contributed by atoms with Gasteiger partial charge in [0.15, 0.2) is 5.76 Å². The normalized spacial score (nSPS) is 14.9. The van der Waals surface area contributed by atoms with E-state index >= 15 is 0 Å². The van der Waals surface area contributed by atoms with Crippen LogP contribution in [-0.2, 0) is 4.79 Å². The largest absolute Gasteiger partial charge is 0.451 e. The molecule has 1 saturated carbocycles. The van der Waals surface area contributed by atoms with Crippen molar-refractivity contribution < 1.29 is 14.0 Å². The van der Waals surface area contributed by atoms with E-state index in [0.29, 0.717) is 11.3 Å². The first-order valence-corrected chi connectivity index (χ1v) is 13.2. The molecule has 6 heteroatoms. The molecule has 0 spiro atoms. The van der Waals surface area contributed by atoms with E-state index in [1.807, 2.05) is 79.7 Å². The number of nitrogens with zero attached hydrogens (tertiary/aromatic N) is 1. The Morgan fingerprint density at radius 3 is 2.36 bits per heavy atom. The van der Waals surface area contributed by atoms with Gasteiger partial charge in [-0.2, -0.15) is 0 Å². The number of anilines is 1. The standard InChI is InChI=1S/C30H29BrN2O3/c1-20-15-17-23(18-16-20)33(30(35)27-19-21-9-5-8-14-26(21)36-27)28(24-12-6-7-13-25(24)31)29(34)32-22-10-3-2-4-11-22/h5-9,12-19,22,28H,2-4,10-11H2,1H3,(H,32,34). The van der Waals surface area contributed by atoms with Gasteiger partial charge in [0.2, 0.25) is 5.91 Å². The van der Waals surface area contributed by atoms with Gasteiger partial charge in [0, 0.05) is 21.6 Å². The van der Waals surface area contributed by atoms with Gasteiger partial charge in [-0.05, 0) is 55.7 Å². The summed E-state index contributed by atoms with van der Waals surface area (Å²) in [6.45, 7) is 2.00. The van der Waals surface area contributed by atoms with Crippen LogP contribution in [0, 0.1) is 6.92 Å². The maximum atomic E-state index is 14.2. The van der Waals surface area contributed by atoms with Crippen LogP contribution in [0.15, 0.2) is 87.8 Å². The number of benzene rings is 3. The topological polar surface area (TPSA) is 62.6 Å². The van der Waals surface area contributed by atoms with Crippen molar-refractivity contribution in [1.82, 2.24) is 5.32 Å². The lowest BCUT2D eigenvalue weighted by Crippen LogP contribution is -2.47. The Bertz CT molecular complexity index is 1340. The number of carbonyl (C=O) groups excluding carboxylic acids is 2. The van der Waals surface area contributed by atoms with E-state index in [1.54, 1.807) is 11.0 Å². The van der Waals surface area contributed by atoms with Crippen LogP contribution in [0.5, 0.6) is 0 Å². The summed E-state index contributed by atoms with van der Waals surface area (Å²) in [6.07, 6.45) is 5.31. The van der Waals surface area contributed by atoms with Crippen molar-refractivity contribution in [3.63, 3.8) is 0 Å². The summed E-state index contributed by atoms with van der Waals surface area (Å²) < 4.78 is 6.73. The highest BCUT2D eigenvalue weighted by Gasteiger charge is 2.36. The van der Waals surface area contributed by atoms with E-state index in [9.17, 15) is 9.59 Å². The molecule has 0 saturated heterocycles. The number of para-hydroxylation sites is 1. The maximum absolute atomic E-state index is 14.2. The zero-order valence-electron chi connectivity index (χ0n) is 20.2. The fraction of sp³-hybridized carbons (Fsp3) is 0.267. The van der Waals surface area contributed by atoms with Gasteiger partial charge < -0.3 is 9.73 Å². The molecule has 0 bridgehead atoms. The smallest absolute Gasteiger partial charge is 0.295 e. The van der Waals surface area contributed by atoms with Gasteiger partial charge >= 0.3 is 0 Å². The highest BCUT2D eigenvalue weighted by molar-refractivity contribution is 9.10. The van der Waals surface area contributed by atoms with Crippen LogP contribution in [0.4, 0.5) is 5.69 Å². The summed E-state index contributed by atoms with van der Waals surface area (Å²) in [5.41, 5.74) is 3.05. The minimum atomic E-state index is -0.883. The van der Waals surface area contributed by atoms with Crippen LogP contribution in [0.2, 0.25) is 0 Å². The minimum absolute atomic E-state index is 0.109. The zero-order valence-corrected chi connectivity index (χ0v) is 21.8. The number of rotatable bonds is 6. The van der Waals surface area contributed by atoms with E-state index in [-0.39, 0.29) is 23.6 Å². The molecule has 1 heterocycles. The molecule has 3 aromatic carbocycles. The van der Waals surface area contributed by atoms with E-state index < -0.39 is 6.04 Å². The molecule has 1 unspecified atom stereocenters. The molecule has 2 amide bonds. The Balaban J connectivity index is 1.62. The molecule has 36 heavy (non-hydrogen) atoms. The lowest BCUT2D eigenvalue weighted by atomic mass is 9.94. The number of aryl methyl sites for hydroxylation is 1. The molecule has 1 aliphatic carbocycles. The third-order valence-corrected chi connectivity index (χ3v) is 7.55. The number of furan rings is 1. The second kappa shape index (κ2) is 10.7. The third kappa shape index (κ3) is 5.09. The molecule has 1 aromatic heterocycles. The molecular formula is C30H29BrN2O3. The van der Waals surface area contributed by atoms with Gasteiger partial charge in [-0.25, -0.2) is 0 Å². The second-order valence-electron chi connectivity index (χ2n) is 9.43. The van der Waals surface area contributed by atoms with Gasteiger partial charge in [0.1, 0.15) is 11.6 Å². The minimum Gasteiger partial charge on any atom is -0.451 e. The van der Waals surface area contributed by atoms with Crippen molar-refractivity contribution in [2.75, 3.05) is 4.90 Å². The molecule has 4 aromatic rings. The number of fused-ring (bicyclic) bond motifs is 1. The molecule has 5 nitrogen and oxygen atoms in total. The fourth-order valence-corrected chi connectivity index (χ4v) is 5.42. The zero-order chi connectivity index (χ0) is 25.1. The Morgan fingerprint density at radius 1 is 0.944 bits per heavy atom. The van der Waals surface area contributed by atoms with Crippen LogP contribution in [0.1, 0.15) is 59.8 Å². The summed E-state index contributed by atoms with van der Waals surface area (Å²) in [6, 6.07) is 23.7. The quantitative estimate of drug-likeness (QED) is 0.276. The van der Waals surface area contributed by atoms with Crippen molar-refractivity contribution in [1.29, 1.82) is 0 Å². The van der Waals surface area contributed by atoms with Gasteiger partial charge in [0.05, 0.1) is 0 Å². The van der Waals surface area contributed by atoms with Crippen LogP contribution in [-0.4, -0.2) is 17.9 Å². The summed E-state index contributed by atoms with van der Waals surface area (Å²) in [5, 5.41) is 4.10. The maximum Gasteiger partial charge on any atom is 0.295 e. The van der Waals surface area contributed by atoms with E-state index in [2.05, 4.69) is 21.2 Å². The molecule has 5 rings (SSSR count). The molecule has 1 aliphatic rings. The van der Waals surface area contributed by atoms with Crippen LogP contribution >= 0.6 is 15.9 Å². The van der Waals surface area contributed by atoms with Crippen molar-refractivity contribution in [3.05, 3.63) is 100 Å². The SMILES string of the molecule is Cc1ccc(N(C(=O)c2cc3ccccc3o2)C(C(=O)NC2CCCCC2)c2ccccc2Br)cc1. The fourth-order valence-electron chi connectivity index (χ4n) is 4.92. The first-order valence-electron chi connectivity index (χ1n) is 12.4.